The third kappa shape index (κ3) is 6.98. The molecule has 5 rings (SSSR count). The number of rotatable bonds is 14. The van der Waals surface area contributed by atoms with Crippen molar-refractivity contribution in [1.29, 1.82) is 5.26 Å². The van der Waals surface area contributed by atoms with Gasteiger partial charge in [-0.3, -0.25) is 4.79 Å². The maximum absolute atomic E-state index is 14.2. The predicted octanol–water partition coefficient (Wildman–Crippen LogP) is 6.10. The molecule has 11 nitrogen and oxygen atoms in total. The van der Waals surface area contributed by atoms with Gasteiger partial charge in [-0.05, 0) is 60.9 Å². The van der Waals surface area contributed by atoms with Crippen molar-refractivity contribution < 1.29 is 33.3 Å². The molecule has 1 atom stereocenters. The van der Waals surface area contributed by atoms with E-state index in [1.54, 1.807) is 43.5 Å². The number of methoxy groups -OCH3 is 5. The number of nitrogens with one attached hydrogen (secondary N) is 1. The van der Waals surface area contributed by atoms with Crippen LogP contribution in [0.1, 0.15) is 35.2 Å². The number of hydrogen-bond donors (Lipinski definition) is 1. The molecule has 1 amide bonds. The molecule has 0 bridgehead atoms. The molecule has 2 aromatic heterocycles. The number of carbonyl (C=O) groups is 2. The standard InChI is InChI=1S/C37H38N4O7/c1-44-25-13-14-29-27(20-25)28(21-30(39-29)23-18-33(45-2)35(47-4)34(19-23)46-3)36(42)40-31(37(43)48-5)17-24-22-41(16-10-6-9-15-38)32-12-8-7-11-26(24)32/h7-8,11-14,18-22,31H,6,9-10,16-17H2,1-5H3,(H,40,42)/t31-/m1/s1. The zero-order chi connectivity index (χ0) is 34.2. The Bertz CT molecular complexity index is 1970. The SMILES string of the molecule is COC(=O)[C@@H](Cc1cn(CCCCC#N)c2ccccc12)NC(=O)c1cc(-c2cc(OC)c(OC)c(OC)c2)nc2ccc(OC)cc12. The molecule has 0 saturated heterocycles. The Balaban J connectivity index is 1.54. The first kappa shape index (κ1) is 33.6. The van der Waals surface area contributed by atoms with E-state index in [-0.39, 0.29) is 12.0 Å². The van der Waals surface area contributed by atoms with Gasteiger partial charge in [0.05, 0.1) is 58.4 Å². The Labute approximate surface area is 278 Å². The monoisotopic (exact) mass is 650 g/mol. The van der Waals surface area contributed by atoms with E-state index in [0.717, 1.165) is 35.9 Å². The van der Waals surface area contributed by atoms with Crippen LogP contribution < -0.4 is 24.3 Å². The molecule has 0 aliphatic heterocycles. The highest BCUT2D eigenvalue weighted by Crippen LogP contribution is 2.41. The van der Waals surface area contributed by atoms with E-state index in [4.69, 9.17) is 33.9 Å². The van der Waals surface area contributed by atoms with Crippen LogP contribution in [-0.2, 0) is 22.5 Å². The summed E-state index contributed by atoms with van der Waals surface area (Å²) < 4.78 is 29.3. The Kier molecular flexibility index (Phi) is 10.7. The van der Waals surface area contributed by atoms with E-state index in [9.17, 15) is 9.59 Å². The van der Waals surface area contributed by atoms with Crippen LogP contribution in [0.3, 0.4) is 0 Å². The highest BCUT2D eigenvalue weighted by atomic mass is 16.5. The van der Waals surface area contributed by atoms with Crippen molar-refractivity contribution in [2.45, 2.75) is 38.3 Å². The van der Waals surface area contributed by atoms with Gasteiger partial charge in [-0.2, -0.15) is 5.26 Å². The number of ether oxygens (including phenoxy) is 5. The van der Waals surface area contributed by atoms with Crippen LogP contribution in [0.15, 0.2) is 66.9 Å². The maximum atomic E-state index is 14.2. The number of aryl methyl sites for hydroxylation is 1. The number of benzene rings is 3. The summed E-state index contributed by atoms with van der Waals surface area (Å²) in [4.78, 5) is 32.2. The molecule has 0 saturated carbocycles. The van der Waals surface area contributed by atoms with Crippen LogP contribution in [0.2, 0.25) is 0 Å². The second kappa shape index (κ2) is 15.2. The molecular formula is C37H38N4O7. The molecule has 0 aliphatic carbocycles. The number of carbonyl (C=O) groups excluding carboxylic acids is 2. The molecule has 0 fully saturated rings. The summed E-state index contributed by atoms with van der Waals surface area (Å²) in [6.07, 6.45) is 4.35. The molecule has 5 aromatic rings. The van der Waals surface area contributed by atoms with Gasteiger partial charge in [0.2, 0.25) is 5.75 Å². The van der Waals surface area contributed by atoms with Crippen LogP contribution in [-0.4, -0.2) is 63.0 Å². The topological polar surface area (TPSA) is 134 Å². The van der Waals surface area contributed by atoms with Crippen molar-refractivity contribution in [2.75, 3.05) is 35.5 Å². The lowest BCUT2D eigenvalue weighted by molar-refractivity contribution is -0.142. The smallest absolute Gasteiger partial charge is 0.328 e. The number of para-hydroxylation sites is 1. The largest absolute Gasteiger partial charge is 0.497 e. The third-order valence-electron chi connectivity index (χ3n) is 8.24. The summed E-state index contributed by atoms with van der Waals surface area (Å²) in [5, 5.41) is 13.4. The van der Waals surface area contributed by atoms with Gasteiger partial charge in [0.1, 0.15) is 11.8 Å². The lowest BCUT2D eigenvalue weighted by Gasteiger charge is -2.18. The van der Waals surface area contributed by atoms with Gasteiger partial charge in [0.15, 0.2) is 11.5 Å². The summed E-state index contributed by atoms with van der Waals surface area (Å²) in [6, 6.07) is 19.6. The molecule has 0 unspecified atom stereocenters. The number of amides is 1. The van der Waals surface area contributed by atoms with Gasteiger partial charge in [-0.25, -0.2) is 9.78 Å². The predicted molar refractivity (Wildman–Crippen MR) is 182 cm³/mol. The zero-order valence-corrected chi connectivity index (χ0v) is 27.7. The van der Waals surface area contributed by atoms with Crippen molar-refractivity contribution >= 4 is 33.7 Å². The minimum Gasteiger partial charge on any atom is -0.497 e. The first-order chi connectivity index (χ1) is 23.3. The molecule has 0 aliphatic rings. The fourth-order valence-electron chi connectivity index (χ4n) is 5.84. The first-order valence-electron chi connectivity index (χ1n) is 15.5. The number of unbranched alkanes of at least 4 members (excludes halogenated alkanes) is 2. The highest BCUT2D eigenvalue weighted by Gasteiger charge is 2.26. The van der Waals surface area contributed by atoms with Gasteiger partial charge in [-0.1, -0.05) is 18.2 Å². The quantitative estimate of drug-likeness (QED) is 0.112. The number of pyridine rings is 1. The number of fused-ring (bicyclic) bond motifs is 2. The molecule has 3 aromatic carbocycles. The van der Waals surface area contributed by atoms with E-state index in [2.05, 4.69) is 16.0 Å². The number of nitrogens with zero attached hydrogens (tertiary/aromatic N) is 3. The molecule has 0 spiro atoms. The Hall–Kier alpha value is -5.76. The van der Waals surface area contributed by atoms with E-state index in [1.807, 2.05) is 30.5 Å². The number of hydrogen-bond acceptors (Lipinski definition) is 9. The Morgan fingerprint density at radius 1 is 0.896 bits per heavy atom. The molecule has 11 heteroatoms. The van der Waals surface area contributed by atoms with Gasteiger partial charge in [0, 0.05) is 47.4 Å². The van der Waals surface area contributed by atoms with Crippen molar-refractivity contribution in [1.82, 2.24) is 14.9 Å². The normalized spacial score (nSPS) is 11.5. The van der Waals surface area contributed by atoms with E-state index < -0.39 is 17.9 Å². The van der Waals surface area contributed by atoms with Crippen LogP contribution in [0, 0.1) is 11.3 Å². The average Bonchev–Trinajstić information content (AvgIpc) is 3.47. The van der Waals surface area contributed by atoms with Gasteiger partial charge in [-0.15, -0.1) is 0 Å². The molecule has 248 valence electrons. The van der Waals surface area contributed by atoms with Crippen molar-refractivity contribution in [2.24, 2.45) is 0 Å². The summed E-state index contributed by atoms with van der Waals surface area (Å²) >= 11 is 0. The summed E-state index contributed by atoms with van der Waals surface area (Å²) in [5.41, 5.74) is 3.84. The minimum atomic E-state index is -0.987. The highest BCUT2D eigenvalue weighted by molar-refractivity contribution is 6.08. The second-order valence-corrected chi connectivity index (χ2v) is 11.1. The third-order valence-corrected chi connectivity index (χ3v) is 8.24. The van der Waals surface area contributed by atoms with Crippen LogP contribution in [0.5, 0.6) is 23.0 Å². The van der Waals surface area contributed by atoms with Crippen LogP contribution in [0.4, 0.5) is 0 Å². The molecule has 1 N–H and O–H groups in total. The van der Waals surface area contributed by atoms with E-state index in [0.29, 0.717) is 51.6 Å². The van der Waals surface area contributed by atoms with Gasteiger partial charge in [0.25, 0.3) is 5.91 Å². The number of nitriles is 1. The van der Waals surface area contributed by atoms with Gasteiger partial charge < -0.3 is 33.6 Å². The summed E-state index contributed by atoms with van der Waals surface area (Å²) in [6.45, 7) is 0.728. The lowest BCUT2D eigenvalue weighted by Crippen LogP contribution is -2.43. The first-order valence-corrected chi connectivity index (χ1v) is 15.5. The number of esters is 1. The van der Waals surface area contributed by atoms with E-state index >= 15 is 0 Å². The molecule has 48 heavy (non-hydrogen) atoms. The molecule has 0 radical (unpaired) electrons. The van der Waals surface area contributed by atoms with E-state index in [1.165, 1.54) is 28.4 Å². The van der Waals surface area contributed by atoms with Crippen LogP contribution >= 0.6 is 0 Å². The molecule has 2 heterocycles. The lowest BCUT2D eigenvalue weighted by atomic mass is 10.0. The second-order valence-electron chi connectivity index (χ2n) is 11.1. The van der Waals surface area contributed by atoms with Crippen molar-refractivity contribution in [3.8, 4) is 40.3 Å². The van der Waals surface area contributed by atoms with Crippen LogP contribution in [0.25, 0.3) is 33.1 Å². The van der Waals surface area contributed by atoms with Crippen molar-refractivity contribution in [3.63, 3.8) is 0 Å². The fourth-order valence-corrected chi connectivity index (χ4v) is 5.84. The van der Waals surface area contributed by atoms with Gasteiger partial charge >= 0.3 is 5.97 Å². The zero-order valence-electron chi connectivity index (χ0n) is 27.7. The minimum absolute atomic E-state index is 0.205. The summed E-state index contributed by atoms with van der Waals surface area (Å²) in [5.74, 6) is 0.784. The molecular weight excluding hydrogens is 612 g/mol. The fraction of sp³-hybridized carbons (Fsp3) is 0.297. The van der Waals surface area contributed by atoms with Crippen molar-refractivity contribution in [3.05, 3.63) is 78.0 Å². The Morgan fingerprint density at radius 2 is 1.65 bits per heavy atom. The summed E-state index contributed by atoms with van der Waals surface area (Å²) in [7, 11) is 7.43. The maximum Gasteiger partial charge on any atom is 0.328 e. The Morgan fingerprint density at radius 3 is 2.31 bits per heavy atom. The average molecular weight is 651 g/mol. The number of aromatic nitrogens is 2.